The molecule has 6 heteroatoms. The Kier molecular flexibility index (Phi) is 43.5. The predicted octanol–water partition coefficient (Wildman–Crippen LogP) is 15.3. The number of hydrogen-bond acceptors (Lipinski definition) is 6. The summed E-state index contributed by atoms with van der Waals surface area (Å²) in [6, 6.07) is 0. The van der Waals surface area contributed by atoms with Crippen LogP contribution in [0, 0.1) is 0 Å². The molecule has 1 atom stereocenters. The predicted molar refractivity (Wildman–Crippen MR) is 242 cm³/mol. The van der Waals surface area contributed by atoms with Crippen LogP contribution in [0.15, 0.2) is 60.8 Å². The van der Waals surface area contributed by atoms with Crippen LogP contribution in [-0.4, -0.2) is 37.2 Å². The van der Waals surface area contributed by atoms with Gasteiger partial charge in [0.1, 0.15) is 13.2 Å². The Bertz CT molecular complexity index is 1050. The first-order valence-corrected chi connectivity index (χ1v) is 23.8. The molecule has 0 rings (SSSR count). The number of rotatable bonds is 42. The van der Waals surface area contributed by atoms with Gasteiger partial charge in [0.2, 0.25) is 0 Å². The fourth-order valence-corrected chi connectivity index (χ4v) is 6.37. The van der Waals surface area contributed by atoms with E-state index in [4.69, 9.17) is 14.2 Å². The summed E-state index contributed by atoms with van der Waals surface area (Å²) in [7, 11) is 0. The van der Waals surface area contributed by atoms with Gasteiger partial charge < -0.3 is 14.2 Å². The molecular weight excluding hydrogens is 709 g/mol. The third-order valence-electron chi connectivity index (χ3n) is 9.99. The fraction of sp³-hybridized carbons (Fsp3) is 0.745. The Morgan fingerprint density at radius 3 is 1.11 bits per heavy atom. The number of esters is 3. The fourth-order valence-electron chi connectivity index (χ4n) is 6.37. The van der Waals surface area contributed by atoms with E-state index < -0.39 is 6.10 Å². The zero-order valence-electron chi connectivity index (χ0n) is 37.3. The molecule has 6 nitrogen and oxygen atoms in total. The Morgan fingerprint density at radius 2 is 0.649 bits per heavy atom. The van der Waals surface area contributed by atoms with E-state index in [1.165, 1.54) is 103 Å². The lowest BCUT2D eigenvalue weighted by Gasteiger charge is -2.18. The first kappa shape index (κ1) is 54.1. The summed E-state index contributed by atoms with van der Waals surface area (Å²) in [5, 5.41) is 0. The summed E-state index contributed by atoms with van der Waals surface area (Å²) in [6.45, 7) is 6.51. The van der Waals surface area contributed by atoms with Gasteiger partial charge in [0.15, 0.2) is 6.10 Å². The van der Waals surface area contributed by atoms with E-state index in [-0.39, 0.29) is 37.5 Å². The molecule has 0 unspecified atom stereocenters. The molecule has 0 heterocycles. The lowest BCUT2D eigenvalue weighted by atomic mass is 10.1. The van der Waals surface area contributed by atoms with Crippen molar-refractivity contribution >= 4 is 17.9 Å². The molecule has 0 N–H and O–H groups in total. The molecule has 0 bridgehead atoms. The quantitative estimate of drug-likeness (QED) is 0.0265. The molecule has 0 aromatic rings. The molecular formula is C51H88O6. The maximum atomic E-state index is 12.7. The summed E-state index contributed by atoms with van der Waals surface area (Å²) in [5.41, 5.74) is 0. The first-order chi connectivity index (χ1) is 28.0. The number of carbonyl (C=O) groups is 3. The van der Waals surface area contributed by atoms with Crippen LogP contribution in [0.5, 0.6) is 0 Å². The minimum atomic E-state index is -0.796. The van der Waals surface area contributed by atoms with E-state index in [1.54, 1.807) is 0 Å². The lowest BCUT2D eigenvalue weighted by Crippen LogP contribution is -2.30. The number of allylic oxidation sites excluding steroid dienone is 10. The van der Waals surface area contributed by atoms with Gasteiger partial charge in [0, 0.05) is 19.3 Å². The molecule has 328 valence electrons. The van der Waals surface area contributed by atoms with E-state index in [1.807, 2.05) is 0 Å². The zero-order valence-corrected chi connectivity index (χ0v) is 37.3. The van der Waals surface area contributed by atoms with Gasteiger partial charge >= 0.3 is 17.9 Å². The Morgan fingerprint density at radius 1 is 0.351 bits per heavy atom. The molecule has 0 amide bonds. The van der Waals surface area contributed by atoms with Gasteiger partial charge in [-0.3, -0.25) is 14.4 Å². The molecule has 0 aliphatic heterocycles. The second-order valence-electron chi connectivity index (χ2n) is 15.7. The number of carbonyl (C=O) groups excluding carboxylic acids is 3. The van der Waals surface area contributed by atoms with Gasteiger partial charge in [-0.25, -0.2) is 0 Å². The van der Waals surface area contributed by atoms with E-state index in [0.717, 1.165) is 77.0 Å². The topological polar surface area (TPSA) is 78.9 Å². The highest BCUT2D eigenvalue weighted by Gasteiger charge is 2.19. The summed E-state index contributed by atoms with van der Waals surface area (Å²) < 4.78 is 16.7. The third-order valence-corrected chi connectivity index (χ3v) is 9.99. The molecule has 0 aromatic heterocycles. The minimum Gasteiger partial charge on any atom is -0.462 e. The third kappa shape index (κ3) is 44.1. The lowest BCUT2D eigenvalue weighted by molar-refractivity contribution is -0.167. The Balaban J connectivity index is 4.46. The van der Waals surface area contributed by atoms with Crippen molar-refractivity contribution < 1.29 is 28.6 Å². The second kappa shape index (κ2) is 45.8. The van der Waals surface area contributed by atoms with E-state index in [2.05, 4.69) is 81.5 Å². The number of ether oxygens (including phenoxy) is 3. The molecule has 0 radical (unpaired) electrons. The second-order valence-corrected chi connectivity index (χ2v) is 15.7. The monoisotopic (exact) mass is 797 g/mol. The van der Waals surface area contributed by atoms with Crippen LogP contribution in [0.2, 0.25) is 0 Å². The van der Waals surface area contributed by atoms with Crippen molar-refractivity contribution in [3.8, 4) is 0 Å². The van der Waals surface area contributed by atoms with Crippen LogP contribution in [0.1, 0.15) is 226 Å². The van der Waals surface area contributed by atoms with Crippen LogP contribution < -0.4 is 0 Å². The van der Waals surface area contributed by atoms with Crippen LogP contribution >= 0.6 is 0 Å². The van der Waals surface area contributed by atoms with Crippen LogP contribution in [0.25, 0.3) is 0 Å². The summed E-state index contributed by atoms with van der Waals surface area (Å²) in [5.74, 6) is -0.964. The summed E-state index contributed by atoms with van der Waals surface area (Å²) in [6.07, 6.45) is 54.9. The minimum absolute atomic E-state index is 0.0935. The van der Waals surface area contributed by atoms with Crippen LogP contribution in [0.3, 0.4) is 0 Å². The van der Waals surface area contributed by atoms with Crippen molar-refractivity contribution in [2.24, 2.45) is 0 Å². The molecule has 0 aliphatic carbocycles. The molecule has 0 spiro atoms. The highest BCUT2D eigenvalue weighted by Crippen LogP contribution is 2.13. The van der Waals surface area contributed by atoms with E-state index in [9.17, 15) is 14.4 Å². The van der Waals surface area contributed by atoms with Gasteiger partial charge in [-0.1, -0.05) is 184 Å². The van der Waals surface area contributed by atoms with Crippen molar-refractivity contribution in [2.45, 2.75) is 232 Å². The zero-order chi connectivity index (χ0) is 41.5. The van der Waals surface area contributed by atoms with E-state index in [0.29, 0.717) is 19.3 Å². The molecule has 0 saturated carbocycles. The standard InChI is InChI=1S/C51H88O6/c1-4-7-10-13-16-19-22-24-25-26-27-28-30-32-35-38-41-44-50(53)56-47-48(46-55-49(52)43-40-37-34-31-21-18-15-12-9-6-3)57-51(54)45-42-39-36-33-29-23-20-17-14-11-8-5-2/h16-17,19-20,24-25,27-28,32,35,48H,4-15,18,21-23,26,29-31,33-34,36-47H2,1-3H3/b19-16-,20-17-,25-24-,28-27-,35-32-/t48-/m1/s1. The number of unbranched alkanes of at least 4 members (excludes halogenated alkanes) is 21. The van der Waals surface area contributed by atoms with Crippen molar-refractivity contribution in [3.05, 3.63) is 60.8 Å². The molecule has 0 fully saturated rings. The maximum absolute atomic E-state index is 12.7. The van der Waals surface area contributed by atoms with Gasteiger partial charge in [0.25, 0.3) is 0 Å². The van der Waals surface area contributed by atoms with E-state index >= 15 is 0 Å². The van der Waals surface area contributed by atoms with Crippen molar-refractivity contribution in [1.82, 2.24) is 0 Å². The van der Waals surface area contributed by atoms with Crippen LogP contribution in [0.4, 0.5) is 0 Å². The first-order valence-electron chi connectivity index (χ1n) is 23.8. The average Bonchev–Trinajstić information content (AvgIpc) is 3.21. The summed E-state index contributed by atoms with van der Waals surface area (Å²) >= 11 is 0. The summed E-state index contributed by atoms with van der Waals surface area (Å²) in [4.78, 5) is 37.7. The largest absolute Gasteiger partial charge is 0.462 e. The van der Waals surface area contributed by atoms with Crippen molar-refractivity contribution in [3.63, 3.8) is 0 Å². The highest BCUT2D eigenvalue weighted by molar-refractivity contribution is 5.71. The highest BCUT2D eigenvalue weighted by atomic mass is 16.6. The SMILES string of the molecule is CCCCC/C=C\C/C=C\C/C=C\C/C=C\CCCC(=O)OC[C@@H](COC(=O)CCCCCCCCCCCC)OC(=O)CCCCCCC/C=C\CCCCC. The molecule has 0 saturated heterocycles. The van der Waals surface area contributed by atoms with Crippen molar-refractivity contribution in [2.75, 3.05) is 13.2 Å². The maximum Gasteiger partial charge on any atom is 0.306 e. The molecule has 0 aromatic carbocycles. The normalized spacial score (nSPS) is 12.5. The van der Waals surface area contributed by atoms with Crippen LogP contribution in [-0.2, 0) is 28.6 Å². The Labute approximate surface area is 351 Å². The average molecular weight is 797 g/mol. The van der Waals surface area contributed by atoms with Gasteiger partial charge in [-0.2, -0.15) is 0 Å². The van der Waals surface area contributed by atoms with Gasteiger partial charge in [-0.05, 0) is 83.5 Å². The van der Waals surface area contributed by atoms with Crippen molar-refractivity contribution in [1.29, 1.82) is 0 Å². The molecule has 0 aliphatic rings. The number of hydrogen-bond donors (Lipinski definition) is 0. The van der Waals surface area contributed by atoms with Gasteiger partial charge in [-0.15, -0.1) is 0 Å². The smallest absolute Gasteiger partial charge is 0.306 e. The Hall–Kier alpha value is -2.89. The molecule has 57 heavy (non-hydrogen) atoms. The van der Waals surface area contributed by atoms with Gasteiger partial charge in [0.05, 0.1) is 0 Å².